The van der Waals surface area contributed by atoms with Crippen LogP contribution in [0.4, 0.5) is 0 Å². The lowest BCUT2D eigenvalue weighted by molar-refractivity contribution is 0.420. The molecular formula is C83H58O2. The summed E-state index contributed by atoms with van der Waals surface area (Å²) in [5, 5.41) is 14.2. The highest BCUT2D eigenvalue weighted by molar-refractivity contribution is 6.31. The number of rotatable bonds is 9. The molecule has 0 bridgehead atoms. The first-order valence-electron chi connectivity index (χ1n) is 29.5. The third kappa shape index (κ3) is 7.79. The molecule has 1 aliphatic rings. The summed E-state index contributed by atoms with van der Waals surface area (Å²) in [7, 11) is 3.59. The summed E-state index contributed by atoms with van der Waals surface area (Å²) < 4.78 is 12.6. The molecule has 15 aromatic carbocycles. The van der Waals surface area contributed by atoms with Crippen molar-refractivity contribution in [1.29, 1.82) is 0 Å². The van der Waals surface area contributed by atoms with Gasteiger partial charge in [-0.25, -0.2) is 0 Å². The topological polar surface area (TPSA) is 18.5 Å². The number of methoxy groups -OCH3 is 2. The van der Waals surface area contributed by atoms with Gasteiger partial charge in [0.25, 0.3) is 0 Å². The second kappa shape index (κ2) is 19.8. The fraction of sp³-hybridized carbons (Fsp3) is 0.0602. The van der Waals surface area contributed by atoms with Crippen molar-refractivity contribution in [2.24, 2.45) is 0 Å². The Kier molecular flexibility index (Phi) is 11.7. The van der Waals surface area contributed by atoms with Crippen molar-refractivity contribution in [3.63, 3.8) is 0 Å². The first-order chi connectivity index (χ1) is 41.9. The highest BCUT2D eigenvalue weighted by Gasteiger charge is 2.37. The van der Waals surface area contributed by atoms with E-state index in [2.05, 4.69) is 293 Å². The molecule has 0 N–H and O–H groups in total. The molecule has 0 aromatic heterocycles. The highest BCUT2D eigenvalue weighted by Crippen LogP contribution is 2.56. The van der Waals surface area contributed by atoms with Gasteiger partial charge in [-0.2, -0.15) is 0 Å². The molecule has 0 amide bonds. The van der Waals surface area contributed by atoms with E-state index in [0.717, 1.165) is 38.8 Å². The molecule has 16 rings (SSSR count). The second-order valence-corrected chi connectivity index (χ2v) is 23.2. The first kappa shape index (κ1) is 50.2. The minimum atomic E-state index is -0.313. The number of hydrogen-bond donors (Lipinski definition) is 0. The van der Waals surface area contributed by atoms with Crippen LogP contribution in [0.15, 0.2) is 279 Å². The van der Waals surface area contributed by atoms with Crippen LogP contribution >= 0.6 is 0 Å². The van der Waals surface area contributed by atoms with Gasteiger partial charge in [-0.3, -0.25) is 0 Å². The molecule has 85 heavy (non-hydrogen) atoms. The van der Waals surface area contributed by atoms with Crippen LogP contribution in [-0.4, -0.2) is 14.2 Å². The second-order valence-electron chi connectivity index (χ2n) is 23.2. The summed E-state index contributed by atoms with van der Waals surface area (Å²) in [4.78, 5) is 0. The van der Waals surface area contributed by atoms with E-state index >= 15 is 0 Å². The molecule has 1 aliphatic carbocycles. The fourth-order valence-corrected chi connectivity index (χ4v) is 14.6. The van der Waals surface area contributed by atoms with E-state index in [1.165, 1.54) is 137 Å². The Morgan fingerprint density at radius 3 is 0.871 bits per heavy atom. The quantitative estimate of drug-likeness (QED) is 0.134. The minimum absolute atomic E-state index is 0.313. The summed E-state index contributed by atoms with van der Waals surface area (Å²) >= 11 is 0. The normalized spacial score (nSPS) is 12.6. The van der Waals surface area contributed by atoms with E-state index in [9.17, 15) is 0 Å². The Balaban J connectivity index is 0.850. The van der Waals surface area contributed by atoms with Crippen LogP contribution in [0.1, 0.15) is 25.0 Å². The lowest BCUT2D eigenvalue weighted by atomic mass is 9.78. The monoisotopic (exact) mass is 1090 g/mol. The summed E-state index contributed by atoms with van der Waals surface area (Å²) in [6.45, 7) is 4.83. The lowest BCUT2D eigenvalue weighted by Crippen LogP contribution is -2.15. The Hall–Kier alpha value is -10.5. The van der Waals surface area contributed by atoms with Crippen LogP contribution < -0.4 is 9.47 Å². The molecule has 0 radical (unpaired) electrons. The molecule has 15 aromatic rings. The van der Waals surface area contributed by atoms with Crippen molar-refractivity contribution < 1.29 is 9.47 Å². The molecule has 0 saturated carbocycles. The predicted molar refractivity (Wildman–Crippen MR) is 360 cm³/mol. The zero-order valence-corrected chi connectivity index (χ0v) is 47.9. The average molecular weight is 1090 g/mol. The van der Waals surface area contributed by atoms with E-state index in [4.69, 9.17) is 9.47 Å². The molecule has 0 saturated heterocycles. The standard InChI is InChI=1S/C83H58O2/c1-83(2)71-49-57(45-47-59(71)60-48-46-58(50-72(60)83)76-61-25-11-14-28-64(61)77(81-69(76)33-19-35-73(81)84-3)55-41-37-53(38-42-55)51-21-7-5-8-22-51)75-62-26-12-16-30-66(62)79(67-31-17-13-27-63(67)75)80-68-32-18-15-29-65(68)78(82-70(80)34-20-36-74(82)85-4)56-43-39-54(40-44-56)52-23-9-6-10-24-52/h5-50H,1-4H3. The maximum Gasteiger partial charge on any atom is 0.127 e. The van der Waals surface area contributed by atoms with Crippen LogP contribution in [0.25, 0.3) is 154 Å². The number of benzene rings is 15. The van der Waals surface area contributed by atoms with Gasteiger partial charge < -0.3 is 9.47 Å². The molecule has 0 unspecified atom stereocenters. The van der Waals surface area contributed by atoms with Crippen LogP contribution in [0.2, 0.25) is 0 Å². The molecule has 0 spiro atoms. The maximum absolute atomic E-state index is 6.35. The van der Waals surface area contributed by atoms with Gasteiger partial charge in [0.1, 0.15) is 11.5 Å². The van der Waals surface area contributed by atoms with Gasteiger partial charge in [0.05, 0.1) is 14.2 Å². The third-order valence-corrected chi connectivity index (χ3v) is 18.5. The van der Waals surface area contributed by atoms with Crippen LogP contribution in [-0.2, 0) is 5.41 Å². The van der Waals surface area contributed by atoms with Crippen LogP contribution in [0, 0.1) is 0 Å². The zero-order valence-electron chi connectivity index (χ0n) is 47.9. The van der Waals surface area contributed by atoms with Crippen molar-refractivity contribution in [3.8, 4) is 101 Å². The SMILES string of the molecule is COc1cccc2c(-c3ccc4c(c3)C(C)(C)c3cc(-c5c6ccccc6c(-c6c7ccccc7c(-c7ccc(-c8ccccc8)cc7)c7c(OC)cccc67)c6ccccc56)ccc3-4)c3ccccc3c(-c3ccc(-c4ccccc4)cc3)c12. The number of fused-ring (bicyclic) bond motifs is 9. The zero-order chi connectivity index (χ0) is 56.9. The first-order valence-corrected chi connectivity index (χ1v) is 29.5. The highest BCUT2D eigenvalue weighted by atomic mass is 16.5. The van der Waals surface area contributed by atoms with Gasteiger partial charge in [0.15, 0.2) is 0 Å². The van der Waals surface area contributed by atoms with Gasteiger partial charge in [0, 0.05) is 27.3 Å². The Labute approximate surface area is 495 Å². The lowest BCUT2D eigenvalue weighted by Gasteiger charge is -2.25. The summed E-state index contributed by atoms with van der Waals surface area (Å²) in [6, 6.07) is 103. The fourth-order valence-electron chi connectivity index (χ4n) is 14.6. The smallest absolute Gasteiger partial charge is 0.127 e. The molecule has 0 atom stereocenters. The molecule has 0 fully saturated rings. The van der Waals surface area contributed by atoms with Crippen molar-refractivity contribution in [3.05, 3.63) is 290 Å². The number of ether oxygens (including phenoxy) is 2. The van der Waals surface area contributed by atoms with Gasteiger partial charge in [-0.05, 0) is 167 Å². The van der Waals surface area contributed by atoms with Crippen molar-refractivity contribution in [2.75, 3.05) is 14.2 Å². The van der Waals surface area contributed by atoms with Gasteiger partial charge >= 0.3 is 0 Å². The molecular weight excluding hydrogens is 1030 g/mol. The Bertz CT molecular complexity index is 5130. The van der Waals surface area contributed by atoms with Gasteiger partial charge in [0.2, 0.25) is 0 Å². The Morgan fingerprint density at radius 1 is 0.224 bits per heavy atom. The molecule has 2 heteroatoms. The van der Waals surface area contributed by atoms with E-state index < -0.39 is 0 Å². The maximum atomic E-state index is 6.35. The molecule has 402 valence electrons. The summed E-state index contributed by atoms with van der Waals surface area (Å²) in [5.74, 6) is 1.72. The summed E-state index contributed by atoms with van der Waals surface area (Å²) in [5.41, 5.74) is 21.7. The average Bonchev–Trinajstić information content (AvgIpc) is 2.27. The largest absolute Gasteiger partial charge is 0.496 e. The van der Waals surface area contributed by atoms with Gasteiger partial charge in [-0.15, -0.1) is 0 Å². The van der Waals surface area contributed by atoms with Crippen molar-refractivity contribution in [1.82, 2.24) is 0 Å². The van der Waals surface area contributed by atoms with E-state index in [1.54, 1.807) is 14.2 Å². The molecule has 2 nitrogen and oxygen atoms in total. The molecule has 0 heterocycles. The summed E-state index contributed by atoms with van der Waals surface area (Å²) in [6.07, 6.45) is 0. The number of hydrogen-bond acceptors (Lipinski definition) is 2. The third-order valence-electron chi connectivity index (χ3n) is 18.5. The minimum Gasteiger partial charge on any atom is -0.496 e. The van der Waals surface area contributed by atoms with Crippen molar-refractivity contribution in [2.45, 2.75) is 19.3 Å². The van der Waals surface area contributed by atoms with E-state index in [1.807, 2.05) is 0 Å². The van der Waals surface area contributed by atoms with Gasteiger partial charge in [-0.1, -0.05) is 269 Å². The Morgan fingerprint density at radius 2 is 0.494 bits per heavy atom. The van der Waals surface area contributed by atoms with E-state index in [-0.39, 0.29) is 5.41 Å². The molecule has 0 aliphatic heterocycles. The predicted octanol–water partition coefficient (Wildman–Crippen LogP) is 22.6. The van der Waals surface area contributed by atoms with E-state index in [0.29, 0.717) is 0 Å². The van der Waals surface area contributed by atoms with Crippen LogP contribution in [0.3, 0.4) is 0 Å². The van der Waals surface area contributed by atoms with Crippen LogP contribution in [0.5, 0.6) is 11.5 Å². The van der Waals surface area contributed by atoms with Crippen molar-refractivity contribution >= 4 is 64.6 Å².